The van der Waals surface area contributed by atoms with E-state index in [0.29, 0.717) is 36.9 Å². The molecule has 33 heavy (non-hydrogen) atoms. The van der Waals surface area contributed by atoms with Crippen LogP contribution in [0.2, 0.25) is 0 Å². The van der Waals surface area contributed by atoms with Crippen molar-refractivity contribution in [3.8, 4) is 16.9 Å². The molecular formula is C27H32FN3O2. The fourth-order valence-electron chi connectivity index (χ4n) is 3.95. The molecule has 0 aliphatic heterocycles. The van der Waals surface area contributed by atoms with Gasteiger partial charge in [-0.3, -0.25) is 4.98 Å². The molecule has 0 unspecified atom stereocenters. The summed E-state index contributed by atoms with van der Waals surface area (Å²) in [5, 5.41) is 13.1. The summed E-state index contributed by atoms with van der Waals surface area (Å²) in [4.78, 5) is 8.88. The molecule has 2 aromatic carbocycles. The molecule has 0 spiro atoms. The summed E-state index contributed by atoms with van der Waals surface area (Å²) in [5.41, 5.74) is 4.99. The van der Waals surface area contributed by atoms with Crippen LogP contribution in [0.25, 0.3) is 11.1 Å². The Kier molecular flexibility index (Phi) is 6.66. The minimum absolute atomic E-state index is 0.254. The molecule has 0 bridgehead atoms. The Bertz CT molecular complexity index is 1100. The van der Waals surface area contributed by atoms with Crippen molar-refractivity contribution in [1.29, 1.82) is 0 Å². The predicted molar refractivity (Wildman–Crippen MR) is 129 cm³/mol. The van der Waals surface area contributed by atoms with Crippen LogP contribution in [-0.2, 0) is 6.54 Å². The molecule has 174 valence electrons. The smallest absolute Gasteiger partial charge is 0.144 e. The Morgan fingerprint density at radius 3 is 2.42 bits per heavy atom. The molecular weight excluding hydrogens is 417 g/mol. The van der Waals surface area contributed by atoms with Crippen molar-refractivity contribution in [1.82, 2.24) is 9.97 Å². The molecule has 1 saturated carbocycles. The number of ether oxygens (including phenoxy) is 1. The van der Waals surface area contributed by atoms with E-state index in [1.165, 1.54) is 18.9 Å². The number of aryl methyl sites for hydroxylation is 2. The summed E-state index contributed by atoms with van der Waals surface area (Å²) in [6.45, 7) is 8.37. The van der Waals surface area contributed by atoms with Gasteiger partial charge in [-0.25, -0.2) is 9.37 Å². The zero-order valence-corrected chi connectivity index (χ0v) is 19.8. The average molecular weight is 450 g/mol. The summed E-state index contributed by atoms with van der Waals surface area (Å²) in [6, 6.07) is 9.20. The number of anilines is 1. The second-order valence-electron chi connectivity index (χ2n) is 9.60. The number of hydrogen-bond donors (Lipinski definition) is 2. The zero-order valence-electron chi connectivity index (χ0n) is 19.8. The maximum atomic E-state index is 14.6. The third kappa shape index (κ3) is 6.08. The first kappa shape index (κ1) is 23.2. The zero-order chi connectivity index (χ0) is 23.6. The molecule has 6 heteroatoms. The summed E-state index contributed by atoms with van der Waals surface area (Å²) >= 11 is 0. The first-order valence-corrected chi connectivity index (χ1v) is 11.5. The minimum atomic E-state index is -0.757. The molecule has 1 heterocycles. The van der Waals surface area contributed by atoms with E-state index in [4.69, 9.17) is 4.74 Å². The first-order chi connectivity index (χ1) is 15.7. The third-order valence-corrected chi connectivity index (χ3v) is 5.95. The lowest BCUT2D eigenvalue weighted by atomic mass is 9.94. The van der Waals surface area contributed by atoms with Gasteiger partial charge in [0.25, 0.3) is 0 Å². The second kappa shape index (κ2) is 9.48. The maximum absolute atomic E-state index is 14.6. The lowest BCUT2D eigenvalue weighted by molar-refractivity contribution is 0.0553. The van der Waals surface area contributed by atoms with Gasteiger partial charge in [-0.15, -0.1) is 0 Å². The summed E-state index contributed by atoms with van der Waals surface area (Å²) < 4.78 is 20.4. The van der Waals surface area contributed by atoms with Gasteiger partial charge in [-0.2, -0.15) is 0 Å². The standard InChI is InChI=1S/C27H32FN3O2/c1-17-11-22(33-10-9-27(3,4)32)12-18(2)26(17)20-7-8-23(28)21(13-20)14-30-25-16-29-24(15-31-25)19-5-6-19/h7-8,11-13,15-16,19,32H,5-6,9-10,14H2,1-4H3,(H,30,31). The van der Waals surface area contributed by atoms with Gasteiger partial charge in [0.2, 0.25) is 0 Å². The van der Waals surface area contributed by atoms with Crippen molar-refractivity contribution in [3.05, 3.63) is 70.9 Å². The average Bonchev–Trinajstić information content (AvgIpc) is 3.58. The first-order valence-electron chi connectivity index (χ1n) is 11.5. The minimum Gasteiger partial charge on any atom is -0.493 e. The van der Waals surface area contributed by atoms with Gasteiger partial charge in [0.15, 0.2) is 0 Å². The van der Waals surface area contributed by atoms with E-state index < -0.39 is 5.60 Å². The second-order valence-corrected chi connectivity index (χ2v) is 9.60. The van der Waals surface area contributed by atoms with E-state index in [2.05, 4.69) is 15.3 Å². The lowest BCUT2D eigenvalue weighted by Crippen LogP contribution is -2.21. The Morgan fingerprint density at radius 1 is 1.09 bits per heavy atom. The number of nitrogens with zero attached hydrogens (tertiary/aromatic N) is 2. The quantitative estimate of drug-likeness (QED) is 0.424. The van der Waals surface area contributed by atoms with Crippen LogP contribution in [0.15, 0.2) is 42.7 Å². The van der Waals surface area contributed by atoms with Crippen LogP contribution in [0.5, 0.6) is 5.75 Å². The van der Waals surface area contributed by atoms with Gasteiger partial charge < -0.3 is 15.2 Å². The summed E-state index contributed by atoms with van der Waals surface area (Å²) in [6.07, 6.45) is 6.46. The van der Waals surface area contributed by atoms with Crippen molar-refractivity contribution >= 4 is 5.82 Å². The highest BCUT2D eigenvalue weighted by molar-refractivity contribution is 5.72. The van der Waals surface area contributed by atoms with Crippen molar-refractivity contribution in [3.63, 3.8) is 0 Å². The fraction of sp³-hybridized carbons (Fsp3) is 0.407. The molecule has 0 saturated heterocycles. The number of aliphatic hydroxyl groups is 1. The summed E-state index contributed by atoms with van der Waals surface area (Å²) in [7, 11) is 0. The number of aromatic nitrogens is 2. The monoisotopic (exact) mass is 449 g/mol. The van der Waals surface area contributed by atoms with Gasteiger partial charge >= 0.3 is 0 Å². The highest BCUT2D eigenvalue weighted by Gasteiger charge is 2.25. The molecule has 3 aromatic rings. The topological polar surface area (TPSA) is 67.3 Å². The van der Waals surface area contributed by atoms with E-state index >= 15 is 0 Å². The Labute approximate surface area is 195 Å². The fourth-order valence-corrected chi connectivity index (χ4v) is 3.95. The molecule has 4 rings (SSSR count). The van der Waals surface area contributed by atoms with Gasteiger partial charge in [-0.1, -0.05) is 6.07 Å². The van der Waals surface area contributed by atoms with Gasteiger partial charge in [0, 0.05) is 24.4 Å². The van der Waals surface area contributed by atoms with Gasteiger partial charge in [0.1, 0.15) is 17.4 Å². The van der Waals surface area contributed by atoms with Crippen LogP contribution in [0, 0.1) is 19.7 Å². The van der Waals surface area contributed by atoms with E-state index in [1.807, 2.05) is 44.3 Å². The van der Waals surface area contributed by atoms with Crippen LogP contribution in [0.3, 0.4) is 0 Å². The van der Waals surface area contributed by atoms with Gasteiger partial charge in [0.05, 0.1) is 30.3 Å². The summed E-state index contributed by atoms with van der Waals surface area (Å²) in [5.74, 6) is 1.72. The molecule has 0 radical (unpaired) electrons. The van der Waals surface area contributed by atoms with E-state index in [-0.39, 0.29) is 5.82 Å². The number of rotatable bonds is 9. The van der Waals surface area contributed by atoms with Gasteiger partial charge in [-0.05, 0) is 87.1 Å². The SMILES string of the molecule is Cc1cc(OCCC(C)(C)O)cc(C)c1-c1ccc(F)c(CNc2cnc(C3CC3)cn2)c1. The van der Waals surface area contributed by atoms with Crippen LogP contribution in [0.4, 0.5) is 10.2 Å². The van der Waals surface area contributed by atoms with Crippen molar-refractivity contribution in [2.24, 2.45) is 0 Å². The molecule has 5 nitrogen and oxygen atoms in total. The normalized spacial score (nSPS) is 13.8. The van der Waals surface area contributed by atoms with Crippen LogP contribution >= 0.6 is 0 Å². The van der Waals surface area contributed by atoms with Crippen molar-refractivity contribution < 1.29 is 14.2 Å². The highest BCUT2D eigenvalue weighted by atomic mass is 19.1. The highest BCUT2D eigenvalue weighted by Crippen LogP contribution is 2.38. The molecule has 1 aliphatic carbocycles. The molecule has 1 fully saturated rings. The Hall–Kier alpha value is -2.99. The largest absolute Gasteiger partial charge is 0.493 e. The molecule has 0 atom stereocenters. The third-order valence-electron chi connectivity index (χ3n) is 5.95. The Morgan fingerprint density at radius 2 is 1.82 bits per heavy atom. The van der Waals surface area contributed by atoms with E-state index in [0.717, 1.165) is 33.7 Å². The molecule has 0 amide bonds. The van der Waals surface area contributed by atoms with Crippen LogP contribution in [0.1, 0.15) is 61.4 Å². The molecule has 1 aromatic heterocycles. The molecule has 2 N–H and O–H groups in total. The van der Waals surface area contributed by atoms with E-state index in [1.54, 1.807) is 20.0 Å². The lowest BCUT2D eigenvalue weighted by Gasteiger charge is -2.18. The maximum Gasteiger partial charge on any atom is 0.144 e. The van der Waals surface area contributed by atoms with Crippen LogP contribution in [-0.4, -0.2) is 27.3 Å². The number of halogens is 1. The number of hydrogen-bond acceptors (Lipinski definition) is 5. The van der Waals surface area contributed by atoms with Crippen molar-refractivity contribution in [2.45, 2.75) is 65.0 Å². The number of benzene rings is 2. The van der Waals surface area contributed by atoms with E-state index in [9.17, 15) is 9.50 Å². The Balaban J connectivity index is 1.48. The van der Waals surface area contributed by atoms with Crippen LogP contribution < -0.4 is 10.1 Å². The number of nitrogens with one attached hydrogen (secondary N) is 1. The predicted octanol–water partition coefficient (Wildman–Crippen LogP) is 5.93. The molecule has 1 aliphatic rings. The van der Waals surface area contributed by atoms with Crippen molar-refractivity contribution in [2.75, 3.05) is 11.9 Å².